The maximum absolute atomic E-state index is 11.9. The first kappa shape index (κ1) is 14.6. The van der Waals surface area contributed by atoms with Crippen molar-refractivity contribution in [3.63, 3.8) is 0 Å². The summed E-state index contributed by atoms with van der Waals surface area (Å²) in [7, 11) is 0. The fourth-order valence-electron chi connectivity index (χ4n) is 2.03. The highest BCUT2D eigenvalue weighted by Gasteiger charge is 2.17. The number of carbonyl (C=O) groups is 1. The van der Waals surface area contributed by atoms with Gasteiger partial charge in [-0.05, 0) is 35.0 Å². The molecule has 0 aromatic carbocycles. The molecule has 1 aliphatic heterocycles. The number of nitrogens with one attached hydrogen (secondary N) is 1. The third-order valence-electron chi connectivity index (χ3n) is 3.17. The van der Waals surface area contributed by atoms with Gasteiger partial charge in [0.15, 0.2) is 4.67 Å². The molecule has 1 atom stereocenters. The van der Waals surface area contributed by atoms with Crippen LogP contribution in [0.3, 0.4) is 0 Å². The van der Waals surface area contributed by atoms with E-state index in [1.165, 1.54) is 0 Å². The lowest BCUT2D eigenvalue weighted by Gasteiger charge is -2.27. The minimum atomic E-state index is 0.101. The van der Waals surface area contributed by atoms with E-state index >= 15 is 0 Å². The molecule has 19 heavy (non-hydrogen) atoms. The van der Waals surface area contributed by atoms with Crippen molar-refractivity contribution in [2.45, 2.75) is 19.4 Å². The van der Waals surface area contributed by atoms with Crippen LogP contribution in [0.15, 0.2) is 21.2 Å². The Kier molecular flexibility index (Phi) is 5.42. The lowest BCUT2D eigenvalue weighted by molar-refractivity contribution is -0.135. The molecule has 0 saturated carbocycles. The molecule has 1 aliphatic rings. The van der Waals surface area contributed by atoms with Crippen molar-refractivity contribution in [3.8, 4) is 0 Å². The minimum absolute atomic E-state index is 0.101. The molecule has 5 nitrogen and oxygen atoms in total. The second-order valence-corrected chi connectivity index (χ2v) is 5.34. The summed E-state index contributed by atoms with van der Waals surface area (Å²) in [6, 6.07) is 3.89. The number of hydrogen-bond donors (Lipinski definition) is 1. The summed E-state index contributed by atoms with van der Waals surface area (Å²) >= 11 is 3.28. The van der Waals surface area contributed by atoms with Crippen molar-refractivity contribution in [3.05, 3.63) is 22.6 Å². The van der Waals surface area contributed by atoms with Gasteiger partial charge in [-0.3, -0.25) is 4.79 Å². The van der Waals surface area contributed by atoms with Gasteiger partial charge in [-0.15, -0.1) is 0 Å². The van der Waals surface area contributed by atoms with E-state index in [-0.39, 0.29) is 11.9 Å². The number of halogens is 1. The maximum atomic E-state index is 11.9. The zero-order chi connectivity index (χ0) is 13.7. The van der Waals surface area contributed by atoms with Crippen LogP contribution < -0.4 is 5.32 Å². The molecule has 0 bridgehead atoms. The molecule has 1 unspecified atom stereocenters. The Bertz CT molecular complexity index is 416. The van der Waals surface area contributed by atoms with E-state index in [4.69, 9.17) is 9.15 Å². The summed E-state index contributed by atoms with van der Waals surface area (Å²) < 4.78 is 11.4. The van der Waals surface area contributed by atoms with Crippen molar-refractivity contribution in [1.29, 1.82) is 0 Å². The van der Waals surface area contributed by atoms with Crippen LogP contribution in [0.2, 0.25) is 0 Å². The average Bonchev–Trinajstić information content (AvgIpc) is 2.86. The average molecular weight is 331 g/mol. The van der Waals surface area contributed by atoms with Gasteiger partial charge in [-0.1, -0.05) is 0 Å². The Morgan fingerprint density at radius 3 is 2.84 bits per heavy atom. The Hall–Kier alpha value is -0.850. The second kappa shape index (κ2) is 7.07. The largest absolute Gasteiger partial charge is 0.453 e. The quantitative estimate of drug-likeness (QED) is 0.896. The molecule has 0 spiro atoms. The second-order valence-electron chi connectivity index (χ2n) is 4.56. The lowest BCUT2D eigenvalue weighted by atomic mass is 10.2. The SMILES string of the molecule is CC(NCCC(=O)N1CCOCC1)c1ccc(Br)o1. The Morgan fingerprint density at radius 1 is 1.47 bits per heavy atom. The van der Waals surface area contributed by atoms with Crippen molar-refractivity contribution < 1.29 is 13.9 Å². The van der Waals surface area contributed by atoms with Gasteiger partial charge in [-0.2, -0.15) is 0 Å². The molecule has 2 rings (SSSR count). The van der Waals surface area contributed by atoms with E-state index in [9.17, 15) is 4.79 Å². The number of furan rings is 1. The third-order valence-corrected chi connectivity index (χ3v) is 3.60. The highest BCUT2D eigenvalue weighted by atomic mass is 79.9. The summed E-state index contributed by atoms with van der Waals surface area (Å²) in [6.45, 7) is 5.38. The highest BCUT2D eigenvalue weighted by Crippen LogP contribution is 2.19. The number of nitrogens with zero attached hydrogens (tertiary/aromatic N) is 1. The smallest absolute Gasteiger partial charge is 0.224 e. The Morgan fingerprint density at radius 2 is 2.21 bits per heavy atom. The monoisotopic (exact) mass is 330 g/mol. The molecule has 1 saturated heterocycles. The van der Waals surface area contributed by atoms with Gasteiger partial charge in [0.1, 0.15) is 5.76 Å². The predicted octanol–water partition coefficient (Wildman–Crippen LogP) is 1.94. The highest BCUT2D eigenvalue weighted by molar-refractivity contribution is 9.10. The van der Waals surface area contributed by atoms with Gasteiger partial charge >= 0.3 is 0 Å². The first-order valence-electron chi connectivity index (χ1n) is 6.51. The van der Waals surface area contributed by atoms with E-state index in [0.29, 0.717) is 39.3 Å². The molecule has 0 radical (unpaired) electrons. The first-order chi connectivity index (χ1) is 9.16. The van der Waals surface area contributed by atoms with Crippen LogP contribution in [0, 0.1) is 0 Å². The molecule has 1 aromatic heterocycles. The van der Waals surface area contributed by atoms with Gasteiger partial charge in [0.05, 0.1) is 19.3 Å². The molecule has 2 heterocycles. The molecular weight excluding hydrogens is 312 g/mol. The summed E-state index contributed by atoms with van der Waals surface area (Å²) in [6.07, 6.45) is 0.506. The van der Waals surface area contributed by atoms with Gasteiger partial charge in [0.2, 0.25) is 5.91 Å². The number of rotatable bonds is 5. The van der Waals surface area contributed by atoms with Crippen molar-refractivity contribution in [2.24, 2.45) is 0 Å². The van der Waals surface area contributed by atoms with Crippen LogP contribution in [0.25, 0.3) is 0 Å². The fraction of sp³-hybridized carbons (Fsp3) is 0.615. The van der Waals surface area contributed by atoms with E-state index in [1.807, 2.05) is 24.0 Å². The zero-order valence-corrected chi connectivity index (χ0v) is 12.6. The van der Waals surface area contributed by atoms with Crippen LogP contribution in [-0.2, 0) is 9.53 Å². The molecule has 1 fully saturated rings. The Labute approximate surface area is 121 Å². The first-order valence-corrected chi connectivity index (χ1v) is 7.30. The van der Waals surface area contributed by atoms with Crippen LogP contribution in [-0.4, -0.2) is 43.7 Å². The minimum Gasteiger partial charge on any atom is -0.453 e. The van der Waals surface area contributed by atoms with Gasteiger partial charge in [0, 0.05) is 26.1 Å². The van der Waals surface area contributed by atoms with E-state index in [0.717, 1.165) is 10.4 Å². The molecule has 1 amide bonds. The topological polar surface area (TPSA) is 54.7 Å². The molecule has 1 N–H and O–H groups in total. The van der Waals surface area contributed by atoms with Crippen LogP contribution in [0.4, 0.5) is 0 Å². The van der Waals surface area contributed by atoms with Crippen LogP contribution in [0.5, 0.6) is 0 Å². The van der Waals surface area contributed by atoms with Crippen molar-refractivity contribution in [1.82, 2.24) is 10.2 Å². The normalized spacial score (nSPS) is 17.5. The van der Waals surface area contributed by atoms with Crippen molar-refractivity contribution >= 4 is 21.8 Å². The molecule has 106 valence electrons. The molecule has 0 aliphatic carbocycles. The standard InChI is InChI=1S/C13H19BrN2O3/c1-10(11-2-3-12(14)19-11)15-5-4-13(17)16-6-8-18-9-7-16/h2-3,10,15H,4-9H2,1H3. The van der Waals surface area contributed by atoms with E-state index in [1.54, 1.807) is 0 Å². The van der Waals surface area contributed by atoms with Gasteiger partial charge < -0.3 is 19.4 Å². The van der Waals surface area contributed by atoms with Crippen LogP contribution >= 0.6 is 15.9 Å². The van der Waals surface area contributed by atoms with E-state index < -0.39 is 0 Å². The summed E-state index contributed by atoms with van der Waals surface area (Å²) in [5.41, 5.74) is 0. The molecule has 6 heteroatoms. The molecule has 1 aromatic rings. The summed E-state index contributed by atoms with van der Waals surface area (Å²) in [4.78, 5) is 13.8. The third kappa shape index (κ3) is 4.33. The zero-order valence-electron chi connectivity index (χ0n) is 11.0. The number of hydrogen-bond acceptors (Lipinski definition) is 4. The van der Waals surface area contributed by atoms with Crippen LogP contribution in [0.1, 0.15) is 25.1 Å². The fourth-order valence-corrected chi connectivity index (χ4v) is 2.35. The summed E-state index contributed by atoms with van der Waals surface area (Å²) in [5, 5.41) is 3.29. The van der Waals surface area contributed by atoms with E-state index in [2.05, 4.69) is 21.2 Å². The number of amides is 1. The van der Waals surface area contributed by atoms with Gasteiger partial charge in [0.25, 0.3) is 0 Å². The Balaban J connectivity index is 1.69. The summed E-state index contributed by atoms with van der Waals surface area (Å²) in [5.74, 6) is 1.05. The number of ether oxygens (including phenoxy) is 1. The predicted molar refractivity (Wildman–Crippen MR) is 74.8 cm³/mol. The van der Waals surface area contributed by atoms with Gasteiger partial charge in [-0.25, -0.2) is 0 Å². The number of carbonyl (C=O) groups excluding carboxylic acids is 1. The van der Waals surface area contributed by atoms with Crippen molar-refractivity contribution in [2.75, 3.05) is 32.8 Å². The molecular formula is C13H19BrN2O3. The number of morpholine rings is 1. The maximum Gasteiger partial charge on any atom is 0.224 e. The lowest BCUT2D eigenvalue weighted by Crippen LogP contribution is -2.41.